The molecule has 0 rings (SSSR count). The summed E-state index contributed by atoms with van der Waals surface area (Å²) in [5.41, 5.74) is 0. The van der Waals surface area contributed by atoms with Gasteiger partial charge < -0.3 is 27.0 Å². The largest absolute Gasteiger partial charge is 0.481 e. The topological polar surface area (TPSA) is 163 Å². The predicted octanol–water partition coefficient (Wildman–Crippen LogP) is -3.21. The smallest absolute Gasteiger partial charge is 0.300 e. The molecule has 0 spiro atoms. The Kier molecular flexibility index (Phi) is 236. The summed E-state index contributed by atoms with van der Waals surface area (Å²) in [5.74, 6) is -0.833. The molecule has 7 heteroatoms. The Morgan fingerprint density at radius 2 is 1.11 bits per heavy atom. The van der Waals surface area contributed by atoms with Gasteiger partial charge in [0.2, 0.25) is 0 Å². The summed E-state index contributed by atoms with van der Waals surface area (Å²) in [5, 5.41) is 7.42. The molecule has 0 heterocycles. The molecule has 0 saturated heterocycles. The molecular formula is C2H12HoO6. The van der Waals surface area contributed by atoms with Gasteiger partial charge in [-0.05, 0) is 0 Å². The third kappa shape index (κ3) is 1140. The third-order valence-corrected chi connectivity index (χ3v) is 0. The quantitative estimate of drug-likeness (QED) is 0.466. The van der Waals surface area contributed by atoms with E-state index in [2.05, 4.69) is 0 Å². The summed E-state index contributed by atoms with van der Waals surface area (Å²) in [6.07, 6.45) is 0. The summed E-state index contributed by atoms with van der Waals surface area (Å²) < 4.78 is 0. The molecule has 0 aliphatic rings. The fraction of sp³-hybridized carbons (Fsp3) is 0.500. The maximum absolute atomic E-state index is 9.00. The monoisotopic (exact) mass is 297 g/mol. The molecule has 67 valence electrons. The summed E-state index contributed by atoms with van der Waals surface area (Å²) in [7, 11) is 0. The van der Waals surface area contributed by atoms with Crippen molar-refractivity contribution < 1.29 is 69.5 Å². The van der Waals surface area contributed by atoms with Gasteiger partial charge in [-0.1, -0.05) is 0 Å². The van der Waals surface area contributed by atoms with Crippen molar-refractivity contribution in [3.05, 3.63) is 0 Å². The van der Waals surface area contributed by atoms with Crippen molar-refractivity contribution >= 4 is 5.97 Å². The van der Waals surface area contributed by atoms with E-state index >= 15 is 0 Å². The van der Waals surface area contributed by atoms with Gasteiger partial charge in [-0.2, -0.15) is 0 Å². The van der Waals surface area contributed by atoms with Crippen molar-refractivity contribution in [3.63, 3.8) is 0 Å². The summed E-state index contributed by atoms with van der Waals surface area (Å²) in [6, 6.07) is 0. The Balaban J connectivity index is -0.00000000450. The molecule has 0 aromatic rings. The first-order chi connectivity index (χ1) is 1.73. The minimum absolute atomic E-state index is 0. The van der Waals surface area contributed by atoms with Crippen molar-refractivity contribution in [2.45, 2.75) is 6.92 Å². The van der Waals surface area contributed by atoms with Crippen LogP contribution in [-0.4, -0.2) is 33.0 Å². The molecule has 0 unspecified atom stereocenters. The van der Waals surface area contributed by atoms with Crippen molar-refractivity contribution in [1.82, 2.24) is 0 Å². The molecular weight excluding hydrogens is 285 g/mol. The van der Waals surface area contributed by atoms with Crippen LogP contribution >= 0.6 is 0 Å². The molecule has 0 saturated carbocycles. The van der Waals surface area contributed by atoms with Crippen LogP contribution in [0.4, 0.5) is 0 Å². The van der Waals surface area contributed by atoms with Gasteiger partial charge in [0.1, 0.15) is 0 Å². The maximum Gasteiger partial charge on any atom is 0.300 e. The van der Waals surface area contributed by atoms with E-state index in [1.54, 1.807) is 0 Å². The minimum atomic E-state index is -0.833. The predicted molar refractivity (Wildman–Crippen MR) is 27.8 cm³/mol. The first kappa shape index (κ1) is 55.2. The van der Waals surface area contributed by atoms with E-state index in [0.717, 1.165) is 6.92 Å². The van der Waals surface area contributed by atoms with Crippen LogP contribution in [-0.2, 0) is 4.79 Å². The van der Waals surface area contributed by atoms with Gasteiger partial charge in [-0.3, -0.25) is 4.79 Å². The zero-order valence-electron chi connectivity index (χ0n) is 4.66. The van der Waals surface area contributed by atoms with Crippen LogP contribution < -0.4 is 0 Å². The number of aliphatic carboxylic acids is 1. The van der Waals surface area contributed by atoms with Crippen LogP contribution in [0.1, 0.15) is 6.92 Å². The van der Waals surface area contributed by atoms with E-state index in [-0.39, 0.29) is 59.6 Å². The normalized spacial score (nSPS) is 2.78. The van der Waals surface area contributed by atoms with Crippen LogP contribution in [0.15, 0.2) is 0 Å². The van der Waals surface area contributed by atoms with E-state index in [4.69, 9.17) is 9.90 Å². The first-order valence-corrected chi connectivity index (χ1v) is 0.928. The van der Waals surface area contributed by atoms with Gasteiger partial charge in [0.25, 0.3) is 5.97 Å². The van der Waals surface area contributed by atoms with Gasteiger partial charge >= 0.3 is 0 Å². The number of hydrogen-bond donors (Lipinski definition) is 1. The van der Waals surface area contributed by atoms with Gasteiger partial charge in [-0.15, -0.1) is 0 Å². The summed E-state index contributed by atoms with van der Waals surface area (Å²) in [4.78, 5) is 9.00. The Morgan fingerprint density at radius 1 is 1.11 bits per heavy atom. The van der Waals surface area contributed by atoms with Gasteiger partial charge in [-0.25, -0.2) is 0 Å². The first-order valence-electron chi connectivity index (χ1n) is 0.928. The second-order valence-corrected chi connectivity index (χ2v) is 0.519. The molecule has 0 atom stereocenters. The fourth-order valence-electron chi connectivity index (χ4n) is 0. The molecule has 9 heavy (non-hydrogen) atoms. The number of carboxylic acids is 1. The second kappa shape index (κ2) is 38.5. The van der Waals surface area contributed by atoms with Crippen LogP contribution in [0.5, 0.6) is 0 Å². The number of carboxylic acid groups (broad SMARTS) is 1. The molecule has 6 nitrogen and oxygen atoms in total. The average Bonchev–Trinajstić information content (AvgIpc) is 0.811. The number of carbonyl (C=O) groups is 1. The van der Waals surface area contributed by atoms with Crippen molar-refractivity contribution in [3.8, 4) is 0 Å². The van der Waals surface area contributed by atoms with E-state index in [0.29, 0.717) is 0 Å². The van der Waals surface area contributed by atoms with Crippen LogP contribution in [0.2, 0.25) is 0 Å². The zero-order valence-corrected chi connectivity index (χ0v) is 6.59. The zero-order chi connectivity index (χ0) is 3.58. The van der Waals surface area contributed by atoms with E-state index in [1.807, 2.05) is 0 Å². The molecule has 0 aromatic carbocycles. The molecule has 0 amide bonds. The molecule has 0 bridgehead atoms. The average molecular weight is 297 g/mol. The summed E-state index contributed by atoms with van der Waals surface area (Å²) in [6.45, 7) is 1.08. The Hall–Kier alpha value is 0.570. The maximum atomic E-state index is 9.00. The molecule has 0 aromatic heterocycles. The number of rotatable bonds is 0. The third-order valence-electron chi connectivity index (χ3n) is 0. The summed E-state index contributed by atoms with van der Waals surface area (Å²) >= 11 is 0. The van der Waals surface area contributed by atoms with E-state index in [9.17, 15) is 0 Å². The molecule has 0 aliphatic heterocycles. The fourth-order valence-corrected chi connectivity index (χ4v) is 0. The van der Waals surface area contributed by atoms with Gasteiger partial charge in [0, 0.05) is 44.7 Å². The minimum Gasteiger partial charge on any atom is -0.481 e. The van der Waals surface area contributed by atoms with Crippen LogP contribution in [0, 0.1) is 37.7 Å². The van der Waals surface area contributed by atoms with Crippen molar-refractivity contribution in [2.75, 3.05) is 0 Å². The second-order valence-electron chi connectivity index (χ2n) is 0.519. The number of hydrogen-bond acceptors (Lipinski definition) is 1. The molecule has 0 fully saturated rings. The van der Waals surface area contributed by atoms with Crippen LogP contribution in [0.25, 0.3) is 0 Å². The standard InChI is InChI=1S/C2H4O2.Ho.4H2O/c1-2(3)4;;;;;/h1H3,(H,3,4);;4*1H2. The molecule has 0 aliphatic carbocycles. The van der Waals surface area contributed by atoms with Gasteiger partial charge in [0.15, 0.2) is 0 Å². The van der Waals surface area contributed by atoms with Crippen LogP contribution in [0.3, 0.4) is 0 Å². The Labute approximate surface area is 82.1 Å². The SMILES string of the molecule is CC(=O)O.O.O.O.O.[Ho]. The molecule has 9 N–H and O–H groups in total. The van der Waals surface area contributed by atoms with Crippen molar-refractivity contribution in [2.24, 2.45) is 0 Å². The van der Waals surface area contributed by atoms with E-state index in [1.165, 1.54) is 0 Å². The Morgan fingerprint density at radius 3 is 1.11 bits per heavy atom. The molecule has 1 radical (unpaired) electrons. The van der Waals surface area contributed by atoms with Gasteiger partial charge in [0.05, 0.1) is 0 Å². The van der Waals surface area contributed by atoms with E-state index < -0.39 is 5.97 Å². The Bertz CT molecular complexity index is 34.0. The van der Waals surface area contributed by atoms with Crippen molar-refractivity contribution in [1.29, 1.82) is 0 Å².